The summed E-state index contributed by atoms with van der Waals surface area (Å²) >= 11 is 1.53. The quantitative estimate of drug-likeness (QED) is 0.787. The highest BCUT2D eigenvalue weighted by molar-refractivity contribution is 8.00. The molecule has 8 heteroatoms. The predicted molar refractivity (Wildman–Crippen MR) is 105 cm³/mol. The summed E-state index contributed by atoms with van der Waals surface area (Å²) in [6.07, 6.45) is 1.75. The molecule has 1 fully saturated rings. The number of furan rings is 1. The molecule has 146 valence electrons. The second-order valence-electron chi connectivity index (χ2n) is 6.70. The molecule has 2 aliphatic rings. The van der Waals surface area contributed by atoms with Crippen LogP contribution in [0.25, 0.3) is 0 Å². The van der Waals surface area contributed by atoms with E-state index in [0.29, 0.717) is 44.2 Å². The molecule has 0 spiro atoms. The van der Waals surface area contributed by atoms with E-state index in [4.69, 9.17) is 4.42 Å². The van der Waals surface area contributed by atoms with E-state index in [1.807, 2.05) is 24.3 Å². The van der Waals surface area contributed by atoms with E-state index in [2.05, 4.69) is 0 Å². The van der Waals surface area contributed by atoms with Crippen molar-refractivity contribution in [2.75, 3.05) is 43.4 Å². The van der Waals surface area contributed by atoms with Crippen LogP contribution in [0.4, 0.5) is 5.69 Å². The van der Waals surface area contributed by atoms with Gasteiger partial charge in [0.25, 0.3) is 5.91 Å². The number of para-hydroxylation sites is 1. The summed E-state index contributed by atoms with van der Waals surface area (Å²) in [6.45, 7) is 2.32. The lowest BCUT2D eigenvalue weighted by Gasteiger charge is -2.35. The molecule has 3 amide bonds. The number of carbonyl (C=O) groups is 3. The molecule has 2 aliphatic heterocycles. The number of hydrogen-bond donors (Lipinski definition) is 0. The lowest BCUT2D eigenvalue weighted by atomic mass is 10.2. The molecule has 4 rings (SSSR count). The first kappa shape index (κ1) is 18.6. The lowest BCUT2D eigenvalue weighted by molar-refractivity contribution is -0.132. The Morgan fingerprint density at radius 3 is 2.50 bits per heavy atom. The van der Waals surface area contributed by atoms with Gasteiger partial charge in [-0.15, -0.1) is 11.8 Å². The number of rotatable bonds is 4. The van der Waals surface area contributed by atoms with Gasteiger partial charge in [0.2, 0.25) is 11.8 Å². The number of carbonyl (C=O) groups excluding carboxylic acids is 3. The molecule has 0 radical (unpaired) electrons. The number of hydrogen-bond acceptors (Lipinski definition) is 5. The molecule has 0 saturated carbocycles. The molecule has 0 aliphatic carbocycles. The van der Waals surface area contributed by atoms with Crippen LogP contribution in [-0.4, -0.2) is 66.0 Å². The number of benzene rings is 1. The van der Waals surface area contributed by atoms with E-state index in [0.717, 1.165) is 10.6 Å². The molecule has 3 heterocycles. The molecule has 1 aromatic heterocycles. The zero-order chi connectivity index (χ0) is 19.5. The van der Waals surface area contributed by atoms with E-state index in [-0.39, 0.29) is 24.1 Å². The van der Waals surface area contributed by atoms with Crippen molar-refractivity contribution in [1.82, 2.24) is 9.80 Å². The molecular weight excluding hydrogens is 378 g/mol. The number of piperazine rings is 1. The Morgan fingerprint density at radius 1 is 1.00 bits per heavy atom. The van der Waals surface area contributed by atoms with Crippen molar-refractivity contribution < 1.29 is 18.8 Å². The first-order valence-electron chi connectivity index (χ1n) is 9.26. The lowest BCUT2D eigenvalue weighted by Crippen LogP contribution is -2.51. The summed E-state index contributed by atoms with van der Waals surface area (Å²) in [5.74, 6) is 0.614. The molecule has 28 heavy (non-hydrogen) atoms. The molecular formula is C20H21N3O4S. The van der Waals surface area contributed by atoms with Crippen LogP contribution < -0.4 is 4.90 Å². The van der Waals surface area contributed by atoms with Crippen LogP contribution >= 0.6 is 11.8 Å². The highest BCUT2D eigenvalue weighted by Gasteiger charge is 2.28. The second-order valence-corrected chi connectivity index (χ2v) is 7.72. The molecule has 0 N–H and O–H groups in total. The highest BCUT2D eigenvalue weighted by Crippen LogP contribution is 2.34. The maximum atomic E-state index is 12.6. The van der Waals surface area contributed by atoms with Crippen LogP contribution in [0.15, 0.2) is 52.0 Å². The minimum atomic E-state index is -0.148. The van der Waals surface area contributed by atoms with Gasteiger partial charge in [0.1, 0.15) is 0 Å². The standard InChI is InChI=1S/C20H21N3O4S/c24-18(7-8-23-15-4-1-2-6-17(15)28-14-19(23)25)21-9-11-22(12-10-21)20(26)16-5-3-13-27-16/h1-6,13H,7-12,14H2. The van der Waals surface area contributed by atoms with Crippen molar-refractivity contribution in [3.8, 4) is 0 Å². The van der Waals surface area contributed by atoms with Crippen molar-refractivity contribution in [3.63, 3.8) is 0 Å². The van der Waals surface area contributed by atoms with Gasteiger partial charge in [-0.25, -0.2) is 0 Å². The summed E-state index contributed by atoms with van der Waals surface area (Å²) in [5, 5.41) is 0. The average molecular weight is 399 g/mol. The summed E-state index contributed by atoms with van der Waals surface area (Å²) in [6, 6.07) is 11.1. The Kier molecular flexibility index (Phi) is 5.38. The Bertz CT molecular complexity index is 875. The van der Waals surface area contributed by atoms with E-state index < -0.39 is 0 Å². The molecule has 0 unspecified atom stereocenters. The third-order valence-electron chi connectivity index (χ3n) is 5.01. The highest BCUT2D eigenvalue weighted by atomic mass is 32.2. The molecule has 0 bridgehead atoms. The molecule has 2 aromatic rings. The van der Waals surface area contributed by atoms with Crippen molar-refractivity contribution in [3.05, 3.63) is 48.4 Å². The van der Waals surface area contributed by atoms with Crippen LogP contribution in [0.2, 0.25) is 0 Å². The zero-order valence-electron chi connectivity index (χ0n) is 15.4. The number of nitrogens with zero attached hydrogens (tertiary/aromatic N) is 3. The largest absolute Gasteiger partial charge is 0.459 e. The SMILES string of the molecule is O=C(CCN1C(=O)CSc2ccccc21)N1CCN(C(=O)c2ccco2)CC1. The van der Waals surface area contributed by atoms with E-state index in [1.54, 1.807) is 26.8 Å². The van der Waals surface area contributed by atoms with Crippen molar-refractivity contribution in [2.24, 2.45) is 0 Å². The number of amides is 3. The fourth-order valence-electron chi connectivity index (χ4n) is 3.48. The minimum absolute atomic E-state index is 0.00797. The van der Waals surface area contributed by atoms with Crippen LogP contribution in [0, 0.1) is 0 Å². The fraction of sp³-hybridized carbons (Fsp3) is 0.350. The Labute approximate surface area is 167 Å². The van der Waals surface area contributed by atoms with Gasteiger partial charge in [0.05, 0.1) is 17.7 Å². The first-order chi connectivity index (χ1) is 13.6. The van der Waals surface area contributed by atoms with Gasteiger partial charge in [-0.2, -0.15) is 0 Å². The Morgan fingerprint density at radius 2 is 1.75 bits per heavy atom. The minimum Gasteiger partial charge on any atom is -0.459 e. The van der Waals surface area contributed by atoms with Gasteiger partial charge >= 0.3 is 0 Å². The van der Waals surface area contributed by atoms with Gasteiger partial charge in [0, 0.05) is 44.0 Å². The third kappa shape index (κ3) is 3.77. The van der Waals surface area contributed by atoms with Crippen LogP contribution in [-0.2, 0) is 9.59 Å². The smallest absolute Gasteiger partial charge is 0.289 e. The van der Waals surface area contributed by atoms with Gasteiger partial charge < -0.3 is 19.1 Å². The van der Waals surface area contributed by atoms with Gasteiger partial charge in [-0.3, -0.25) is 14.4 Å². The topological polar surface area (TPSA) is 74.1 Å². The Hall–Kier alpha value is -2.74. The zero-order valence-corrected chi connectivity index (χ0v) is 16.2. The summed E-state index contributed by atoms with van der Waals surface area (Å²) < 4.78 is 5.16. The predicted octanol–water partition coefficient (Wildman–Crippen LogP) is 2.09. The number of thioether (sulfide) groups is 1. The average Bonchev–Trinajstić information content (AvgIpc) is 3.27. The maximum absolute atomic E-state index is 12.6. The summed E-state index contributed by atoms with van der Waals surface area (Å²) in [4.78, 5) is 43.5. The monoisotopic (exact) mass is 399 g/mol. The summed E-state index contributed by atoms with van der Waals surface area (Å²) in [7, 11) is 0. The molecule has 1 saturated heterocycles. The molecule has 0 atom stereocenters. The van der Waals surface area contributed by atoms with Crippen LogP contribution in [0.1, 0.15) is 17.0 Å². The first-order valence-corrected chi connectivity index (χ1v) is 10.2. The van der Waals surface area contributed by atoms with Crippen molar-refractivity contribution in [1.29, 1.82) is 0 Å². The fourth-order valence-corrected chi connectivity index (χ4v) is 4.42. The normalized spacial score (nSPS) is 16.9. The van der Waals surface area contributed by atoms with E-state index in [1.165, 1.54) is 18.0 Å². The van der Waals surface area contributed by atoms with Crippen LogP contribution in [0.3, 0.4) is 0 Å². The summed E-state index contributed by atoms with van der Waals surface area (Å²) in [5.41, 5.74) is 0.880. The molecule has 1 aromatic carbocycles. The van der Waals surface area contributed by atoms with Gasteiger partial charge in [-0.05, 0) is 24.3 Å². The van der Waals surface area contributed by atoms with Gasteiger partial charge in [-0.1, -0.05) is 12.1 Å². The van der Waals surface area contributed by atoms with Gasteiger partial charge in [0.15, 0.2) is 5.76 Å². The van der Waals surface area contributed by atoms with Crippen molar-refractivity contribution >= 4 is 35.2 Å². The number of anilines is 1. The second kappa shape index (κ2) is 8.10. The van der Waals surface area contributed by atoms with E-state index in [9.17, 15) is 14.4 Å². The van der Waals surface area contributed by atoms with Crippen molar-refractivity contribution in [2.45, 2.75) is 11.3 Å². The van der Waals surface area contributed by atoms with E-state index >= 15 is 0 Å². The molecule has 7 nitrogen and oxygen atoms in total. The Balaban J connectivity index is 1.31. The number of fused-ring (bicyclic) bond motifs is 1. The third-order valence-corrected chi connectivity index (χ3v) is 6.06. The maximum Gasteiger partial charge on any atom is 0.289 e. The van der Waals surface area contributed by atoms with Crippen LogP contribution in [0.5, 0.6) is 0 Å².